The molecule has 1 aliphatic carbocycles. The van der Waals surface area contributed by atoms with Gasteiger partial charge in [0.05, 0.1) is 10.7 Å². The molecule has 2 N–H and O–H groups in total. The molecule has 1 aliphatic rings. The number of benzene rings is 2. The third-order valence-electron chi connectivity index (χ3n) is 3.43. The van der Waals surface area contributed by atoms with Gasteiger partial charge >= 0.3 is 0 Å². The molecular formula is C15H14ClN. The highest BCUT2D eigenvalue weighted by Gasteiger charge is 2.11. The van der Waals surface area contributed by atoms with Crippen LogP contribution in [0, 0.1) is 0 Å². The minimum atomic E-state index is 0.620. The van der Waals surface area contributed by atoms with Crippen molar-refractivity contribution in [1.82, 2.24) is 0 Å². The first-order valence-electron chi connectivity index (χ1n) is 5.91. The normalized spacial score (nSPS) is 13.7. The molecule has 0 amide bonds. The van der Waals surface area contributed by atoms with Crippen molar-refractivity contribution in [1.29, 1.82) is 0 Å². The van der Waals surface area contributed by atoms with Crippen molar-refractivity contribution in [2.24, 2.45) is 0 Å². The van der Waals surface area contributed by atoms with Gasteiger partial charge in [0.15, 0.2) is 0 Å². The zero-order chi connectivity index (χ0) is 11.8. The molecule has 0 radical (unpaired) electrons. The molecule has 0 unspecified atom stereocenters. The van der Waals surface area contributed by atoms with Crippen molar-refractivity contribution in [3.05, 3.63) is 52.5 Å². The van der Waals surface area contributed by atoms with E-state index in [1.807, 2.05) is 18.2 Å². The van der Waals surface area contributed by atoms with Crippen molar-refractivity contribution in [3.8, 4) is 11.1 Å². The van der Waals surface area contributed by atoms with Crippen LogP contribution in [0.5, 0.6) is 0 Å². The summed E-state index contributed by atoms with van der Waals surface area (Å²) >= 11 is 5.94. The Morgan fingerprint density at radius 2 is 1.59 bits per heavy atom. The number of nitrogen functional groups attached to an aromatic ring is 1. The Labute approximate surface area is 106 Å². The van der Waals surface area contributed by atoms with E-state index in [9.17, 15) is 0 Å². The van der Waals surface area contributed by atoms with E-state index < -0.39 is 0 Å². The molecule has 0 saturated carbocycles. The second-order valence-electron chi connectivity index (χ2n) is 4.57. The first kappa shape index (κ1) is 10.7. The van der Waals surface area contributed by atoms with Crippen LogP contribution in [0.3, 0.4) is 0 Å². The van der Waals surface area contributed by atoms with Gasteiger partial charge in [-0.15, -0.1) is 0 Å². The Morgan fingerprint density at radius 1 is 0.882 bits per heavy atom. The molecule has 0 spiro atoms. The molecule has 17 heavy (non-hydrogen) atoms. The van der Waals surface area contributed by atoms with Gasteiger partial charge < -0.3 is 5.73 Å². The van der Waals surface area contributed by atoms with E-state index in [1.165, 1.54) is 36.0 Å². The maximum absolute atomic E-state index is 5.94. The lowest BCUT2D eigenvalue weighted by molar-refractivity contribution is 0.912. The third-order valence-corrected chi connectivity index (χ3v) is 3.77. The van der Waals surface area contributed by atoms with E-state index in [-0.39, 0.29) is 0 Å². The zero-order valence-electron chi connectivity index (χ0n) is 9.54. The van der Waals surface area contributed by atoms with Crippen LogP contribution in [-0.2, 0) is 12.8 Å². The van der Waals surface area contributed by atoms with Crippen LogP contribution in [0.2, 0.25) is 5.02 Å². The quantitative estimate of drug-likeness (QED) is 0.751. The van der Waals surface area contributed by atoms with Gasteiger partial charge in [0.25, 0.3) is 0 Å². The molecule has 0 saturated heterocycles. The first-order valence-corrected chi connectivity index (χ1v) is 6.29. The summed E-state index contributed by atoms with van der Waals surface area (Å²) in [7, 11) is 0. The van der Waals surface area contributed by atoms with E-state index in [4.69, 9.17) is 17.3 Å². The summed E-state index contributed by atoms with van der Waals surface area (Å²) < 4.78 is 0. The van der Waals surface area contributed by atoms with Gasteiger partial charge in [0.1, 0.15) is 0 Å². The van der Waals surface area contributed by atoms with Crippen molar-refractivity contribution in [2.75, 3.05) is 5.73 Å². The Kier molecular flexibility index (Phi) is 2.56. The lowest BCUT2D eigenvalue weighted by Crippen LogP contribution is -1.89. The van der Waals surface area contributed by atoms with E-state index in [1.54, 1.807) is 0 Å². The van der Waals surface area contributed by atoms with Crippen molar-refractivity contribution in [2.45, 2.75) is 19.3 Å². The molecule has 0 atom stereocenters. The molecule has 86 valence electrons. The van der Waals surface area contributed by atoms with Crippen LogP contribution < -0.4 is 5.73 Å². The van der Waals surface area contributed by atoms with E-state index in [0.717, 1.165) is 5.56 Å². The summed E-state index contributed by atoms with van der Waals surface area (Å²) in [6, 6.07) is 12.5. The van der Waals surface area contributed by atoms with Crippen LogP contribution in [0.15, 0.2) is 36.4 Å². The smallest absolute Gasteiger partial charge is 0.0635 e. The highest BCUT2D eigenvalue weighted by Crippen LogP contribution is 2.30. The molecular weight excluding hydrogens is 230 g/mol. The number of rotatable bonds is 1. The van der Waals surface area contributed by atoms with Gasteiger partial charge in [-0.1, -0.05) is 35.9 Å². The van der Waals surface area contributed by atoms with Gasteiger partial charge in [-0.25, -0.2) is 0 Å². The topological polar surface area (TPSA) is 26.0 Å². The molecule has 2 heteroatoms. The fraction of sp³-hybridized carbons (Fsp3) is 0.200. The Hall–Kier alpha value is -1.47. The summed E-state index contributed by atoms with van der Waals surface area (Å²) in [6.45, 7) is 0. The Morgan fingerprint density at radius 3 is 2.41 bits per heavy atom. The van der Waals surface area contributed by atoms with Crippen LogP contribution >= 0.6 is 11.6 Å². The molecule has 2 aromatic rings. The van der Waals surface area contributed by atoms with E-state index in [2.05, 4.69) is 18.2 Å². The fourth-order valence-corrected chi connectivity index (χ4v) is 2.59. The molecule has 0 aromatic heterocycles. The number of hydrogen-bond donors (Lipinski definition) is 1. The first-order chi connectivity index (χ1) is 8.24. The molecule has 0 fully saturated rings. The monoisotopic (exact) mass is 243 g/mol. The summed E-state index contributed by atoms with van der Waals surface area (Å²) in [5.41, 5.74) is 11.8. The standard InChI is InChI=1S/C15H14ClN/c16-14-7-6-13(9-15(14)17)12-5-4-10-2-1-3-11(10)8-12/h4-9H,1-3,17H2. The third kappa shape index (κ3) is 1.91. The number of halogens is 1. The number of fused-ring (bicyclic) bond motifs is 1. The maximum Gasteiger partial charge on any atom is 0.0635 e. The van der Waals surface area contributed by atoms with Gasteiger partial charge in [0, 0.05) is 0 Å². The highest BCUT2D eigenvalue weighted by molar-refractivity contribution is 6.33. The predicted molar refractivity (Wildman–Crippen MR) is 73.3 cm³/mol. The fourth-order valence-electron chi connectivity index (χ4n) is 2.47. The Bertz CT molecular complexity index is 575. The van der Waals surface area contributed by atoms with Crippen molar-refractivity contribution >= 4 is 17.3 Å². The predicted octanol–water partition coefficient (Wildman–Crippen LogP) is 4.08. The van der Waals surface area contributed by atoms with Gasteiger partial charge in [-0.2, -0.15) is 0 Å². The van der Waals surface area contributed by atoms with Gasteiger partial charge in [-0.3, -0.25) is 0 Å². The summed E-state index contributed by atoms with van der Waals surface area (Å²) in [6.07, 6.45) is 3.70. The second kappa shape index (κ2) is 4.08. The summed E-state index contributed by atoms with van der Waals surface area (Å²) in [4.78, 5) is 0. The lowest BCUT2D eigenvalue weighted by atomic mass is 10.0. The average Bonchev–Trinajstić information content (AvgIpc) is 2.79. The number of anilines is 1. The number of aryl methyl sites for hydroxylation is 2. The minimum Gasteiger partial charge on any atom is -0.398 e. The lowest BCUT2D eigenvalue weighted by Gasteiger charge is -2.07. The highest BCUT2D eigenvalue weighted by atomic mass is 35.5. The minimum absolute atomic E-state index is 0.620. The Balaban J connectivity index is 2.06. The summed E-state index contributed by atoms with van der Waals surface area (Å²) in [5, 5.41) is 0.620. The van der Waals surface area contributed by atoms with Gasteiger partial charge in [-0.05, 0) is 53.6 Å². The molecule has 2 aromatic carbocycles. The largest absolute Gasteiger partial charge is 0.398 e. The molecule has 0 heterocycles. The molecule has 0 bridgehead atoms. The summed E-state index contributed by atoms with van der Waals surface area (Å²) in [5.74, 6) is 0. The van der Waals surface area contributed by atoms with Crippen molar-refractivity contribution < 1.29 is 0 Å². The average molecular weight is 244 g/mol. The van der Waals surface area contributed by atoms with Crippen LogP contribution in [0.4, 0.5) is 5.69 Å². The second-order valence-corrected chi connectivity index (χ2v) is 4.98. The number of hydrogen-bond acceptors (Lipinski definition) is 1. The van der Waals surface area contributed by atoms with Crippen molar-refractivity contribution in [3.63, 3.8) is 0 Å². The molecule has 0 aliphatic heterocycles. The van der Waals surface area contributed by atoms with Crippen LogP contribution in [0.1, 0.15) is 17.5 Å². The van der Waals surface area contributed by atoms with Crippen LogP contribution in [0.25, 0.3) is 11.1 Å². The molecule has 3 rings (SSSR count). The maximum atomic E-state index is 5.94. The number of nitrogens with two attached hydrogens (primary N) is 1. The van der Waals surface area contributed by atoms with E-state index in [0.29, 0.717) is 10.7 Å². The van der Waals surface area contributed by atoms with E-state index >= 15 is 0 Å². The van der Waals surface area contributed by atoms with Gasteiger partial charge in [0.2, 0.25) is 0 Å². The van der Waals surface area contributed by atoms with Crippen LogP contribution in [-0.4, -0.2) is 0 Å². The zero-order valence-corrected chi connectivity index (χ0v) is 10.3. The SMILES string of the molecule is Nc1cc(-c2ccc3c(c2)CCC3)ccc1Cl. The molecule has 1 nitrogen and oxygen atoms in total.